The van der Waals surface area contributed by atoms with Crippen LogP contribution in [0, 0.1) is 6.92 Å². The molecule has 0 aliphatic rings. The van der Waals surface area contributed by atoms with Gasteiger partial charge in [0.25, 0.3) is 5.56 Å². The van der Waals surface area contributed by atoms with Gasteiger partial charge in [0.2, 0.25) is 0 Å². The van der Waals surface area contributed by atoms with Gasteiger partial charge in [-0.05, 0) is 42.8 Å². The number of rotatable bonds is 5. The average molecular weight is 385 g/mol. The molecule has 0 atom stereocenters. The highest BCUT2D eigenvalue weighted by Crippen LogP contribution is 2.21. The molecular formula is C23H19N3O3. The highest BCUT2D eigenvalue weighted by molar-refractivity contribution is 5.96. The second-order valence-corrected chi connectivity index (χ2v) is 6.63. The Labute approximate surface area is 167 Å². The fraction of sp³-hybridized carbons (Fsp3) is 0.0870. The lowest BCUT2D eigenvalue weighted by molar-refractivity contribution is 0.0469. The van der Waals surface area contributed by atoms with Gasteiger partial charge in [0.05, 0.1) is 16.9 Å². The number of hydrogen-bond acceptors (Lipinski definition) is 5. The van der Waals surface area contributed by atoms with Crippen LogP contribution >= 0.6 is 0 Å². The number of para-hydroxylation sites is 2. The number of pyridine rings is 1. The van der Waals surface area contributed by atoms with Crippen molar-refractivity contribution < 1.29 is 9.53 Å². The molecule has 144 valence electrons. The number of ether oxygens (including phenoxy) is 1. The molecule has 0 saturated heterocycles. The Morgan fingerprint density at radius 2 is 1.79 bits per heavy atom. The zero-order valence-electron chi connectivity index (χ0n) is 15.8. The monoisotopic (exact) mass is 385 g/mol. The molecule has 0 fully saturated rings. The molecule has 0 aliphatic carbocycles. The van der Waals surface area contributed by atoms with Crippen LogP contribution in [0.2, 0.25) is 0 Å². The molecule has 1 N–H and O–H groups in total. The van der Waals surface area contributed by atoms with Crippen LogP contribution in [0.1, 0.15) is 21.6 Å². The van der Waals surface area contributed by atoms with E-state index in [9.17, 15) is 9.59 Å². The second kappa shape index (κ2) is 7.98. The third-order valence-corrected chi connectivity index (χ3v) is 4.41. The molecular weight excluding hydrogens is 366 g/mol. The largest absolute Gasteiger partial charge is 0.456 e. The van der Waals surface area contributed by atoms with Crippen molar-refractivity contribution in [3.05, 3.63) is 106 Å². The number of nitrogens with zero attached hydrogens (tertiary/aromatic N) is 2. The third kappa shape index (κ3) is 4.16. The van der Waals surface area contributed by atoms with Crippen molar-refractivity contribution in [3.8, 4) is 0 Å². The number of hydrogen-bond donors (Lipinski definition) is 1. The van der Waals surface area contributed by atoms with Crippen LogP contribution in [-0.4, -0.2) is 15.4 Å². The van der Waals surface area contributed by atoms with E-state index in [0.29, 0.717) is 22.6 Å². The van der Waals surface area contributed by atoms with Crippen LogP contribution in [-0.2, 0) is 11.3 Å². The van der Waals surface area contributed by atoms with Gasteiger partial charge < -0.3 is 10.1 Å². The van der Waals surface area contributed by atoms with Crippen LogP contribution in [0.3, 0.4) is 0 Å². The lowest BCUT2D eigenvalue weighted by atomic mass is 10.1. The predicted molar refractivity (Wildman–Crippen MR) is 111 cm³/mol. The van der Waals surface area contributed by atoms with Crippen molar-refractivity contribution in [2.24, 2.45) is 0 Å². The Kier molecular flexibility index (Phi) is 5.07. The van der Waals surface area contributed by atoms with Crippen molar-refractivity contribution in [2.75, 3.05) is 5.32 Å². The number of esters is 1. The van der Waals surface area contributed by atoms with E-state index < -0.39 is 5.97 Å². The normalized spacial score (nSPS) is 10.7. The first-order valence-electron chi connectivity index (χ1n) is 9.17. The number of fused-ring (bicyclic) bond motifs is 1. The maximum absolute atomic E-state index is 12.6. The van der Waals surface area contributed by atoms with Gasteiger partial charge in [-0.1, -0.05) is 36.4 Å². The molecule has 6 nitrogen and oxygen atoms in total. The molecule has 4 rings (SSSR count). The summed E-state index contributed by atoms with van der Waals surface area (Å²) >= 11 is 0. The standard InChI is InChI=1S/C23H19N3O3/c1-16-11-12-21-25-18(13-22(27)26(21)14-16)15-29-23(28)19-9-5-6-10-20(19)24-17-7-3-2-4-8-17/h2-14,24H,15H2,1H3. The van der Waals surface area contributed by atoms with Crippen molar-refractivity contribution in [1.29, 1.82) is 0 Å². The van der Waals surface area contributed by atoms with Crippen molar-refractivity contribution in [1.82, 2.24) is 9.38 Å². The highest BCUT2D eigenvalue weighted by atomic mass is 16.5. The van der Waals surface area contributed by atoms with Crippen LogP contribution in [0.25, 0.3) is 5.65 Å². The van der Waals surface area contributed by atoms with E-state index >= 15 is 0 Å². The zero-order chi connectivity index (χ0) is 20.2. The van der Waals surface area contributed by atoms with Crippen LogP contribution < -0.4 is 10.9 Å². The molecule has 2 aromatic heterocycles. The molecule has 0 aliphatic heterocycles. The predicted octanol–water partition coefficient (Wildman–Crippen LogP) is 4.10. The summed E-state index contributed by atoms with van der Waals surface area (Å²) in [6.45, 7) is 1.82. The minimum atomic E-state index is -0.491. The average Bonchev–Trinajstić information content (AvgIpc) is 2.74. The molecule has 0 amide bonds. The van der Waals surface area contributed by atoms with E-state index in [1.54, 1.807) is 24.4 Å². The van der Waals surface area contributed by atoms with Gasteiger partial charge in [0, 0.05) is 18.0 Å². The van der Waals surface area contributed by atoms with Crippen LogP contribution in [0.15, 0.2) is 83.8 Å². The first-order chi connectivity index (χ1) is 14.1. The Morgan fingerprint density at radius 3 is 2.62 bits per heavy atom. The molecule has 4 aromatic rings. The summed E-state index contributed by atoms with van der Waals surface area (Å²) in [4.78, 5) is 29.3. The van der Waals surface area contributed by atoms with E-state index in [4.69, 9.17) is 4.74 Å². The Morgan fingerprint density at radius 1 is 1.03 bits per heavy atom. The van der Waals surface area contributed by atoms with Gasteiger partial charge in [-0.3, -0.25) is 9.20 Å². The smallest absolute Gasteiger partial charge is 0.340 e. The topological polar surface area (TPSA) is 72.7 Å². The van der Waals surface area contributed by atoms with Crippen LogP contribution in [0.5, 0.6) is 0 Å². The summed E-state index contributed by atoms with van der Waals surface area (Å²) in [7, 11) is 0. The molecule has 6 heteroatoms. The van der Waals surface area contributed by atoms with E-state index in [0.717, 1.165) is 11.3 Å². The molecule has 0 bridgehead atoms. The summed E-state index contributed by atoms with van der Waals surface area (Å²) in [5, 5.41) is 3.22. The zero-order valence-corrected chi connectivity index (χ0v) is 15.8. The van der Waals surface area contributed by atoms with Gasteiger partial charge >= 0.3 is 5.97 Å². The second-order valence-electron chi connectivity index (χ2n) is 6.63. The third-order valence-electron chi connectivity index (χ3n) is 4.41. The lowest BCUT2D eigenvalue weighted by Gasteiger charge is -2.12. The number of benzene rings is 2. The lowest BCUT2D eigenvalue weighted by Crippen LogP contribution is -2.17. The fourth-order valence-electron chi connectivity index (χ4n) is 3.00. The van der Waals surface area contributed by atoms with E-state index in [1.165, 1.54) is 10.5 Å². The summed E-state index contributed by atoms with van der Waals surface area (Å²) in [5.41, 5.74) is 3.59. The number of aryl methyl sites for hydroxylation is 1. The van der Waals surface area contributed by atoms with Gasteiger partial charge in [0.15, 0.2) is 0 Å². The van der Waals surface area contributed by atoms with Gasteiger partial charge in [0.1, 0.15) is 12.3 Å². The minimum Gasteiger partial charge on any atom is -0.456 e. The van der Waals surface area contributed by atoms with Gasteiger partial charge in [-0.15, -0.1) is 0 Å². The summed E-state index contributed by atoms with van der Waals surface area (Å²) in [6, 6.07) is 21.7. The highest BCUT2D eigenvalue weighted by Gasteiger charge is 2.14. The quantitative estimate of drug-likeness (QED) is 0.524. The SMILES string of the molecule is Cc1ccc2nc(COC(=O)c3ccccc3Nc3ccccc3)cc(=O)n2c1. The first-order valence-corrected chi connectivity index (χ1v) is 9.17. The van der Waals surface area contributed by atoms with E-state index in [2.05, 4.69) is 10.3 Å². The Balaban J connectivity index is 1.53. The Hall–Kier alpha value is -3.93. The van der Waals surface area contributed by atoms with E-state index in [-0.39, 0.29) is 12.2 Å². The summed E-state index contributed by atoms with van der Waals surface area (Å²) in [6.07, 6.45) is 1.73. The maximum atomic E-state index is 12.6. The van der Waals surface area contributed by atoms with Crippen LogP contribution in [0.4, 0.5) is 11.4 Å². The van der Waals surface area contributed by atoms with Gasteiger partial charge in [-0.2, -0.15) is 0 Å². The first kappa shape index (κ1) is 18.4. The number of carbonyl (C=O) groups is 1. The molecule has 0 unspecified atom stereocenters. The molecule has 29 heavy (non-hydrogen) atoms. The molecule has 0 saturated carbocycles. The molecule has 0 radical (unpaired) electrons. The number of anilines is 2. The van der Waals surface area contributed by atoms with Crippen molar-refractivity contribution >= 4 is 23.0 Å². The maximum Gasteiger partial charge on any atom is 0.340 e. The minimum absolute atomic E-state index is 0.0852. The van der Waals surface area contributed by atoms with Crippen molar-refractivity contribution in [2.45, 2.75) is 13.5 Å². The molecule has 0 spiro atoms. The number of aromatic nitrogens is 2. The fourth-order valence-corrected chi connectivity index (χ4v) is 3.00. The molecule has 2 heterocycles. The Bertz CT molecular complexity index is 1230. The molecule has 2 aromatic carbocycles. The summed E-state index contributed by atoms with van der Waals surface area (Å²) < 4.78 is 6.90. The number of nitrogens with one attached hydrogen (secondary N) is 1. The van der Waals surface area contributed by atoms with Gasteiger partial charge in [-0.25, -0.2) is 9.78 Å². The van der Waals surface area contributed by atoms with Crippen molar-refractivity contribution in [3.63, 3.8) is 0 Å². The number of carbonyl (C=O) groups excluding carboxylic acids is 1. The van der Waals surface area contributed by atoms with E-state index in [1.807, 2.05) is 55.5 Å². The summed E-state index contributed by atoms with van der Waals surface area (Å²) in [5.74, 6) is -0.491.